The van der Waals surface area contributed by atoms with Crippen molar-refractivity contribution >= 4 is 23.5 Å². The van der Waals surface area contributed by atoms with Gasteiger partial charge in [0.15, 0.2) is 0 Å². The maximum Gasteiger partial charge on any atom is 0.416 e. The first-order chi connectivity index (χ1) is 14.8. The van der Waals surface area contributed by atoms with Crippen molar-refractivity contribution in [3.05, 3.63) is 71.0 Å². The van der Waals surface area contributed by atoms with Gasteiger partial charge in [0.2, 0.25) is 11.9 Å². The molecule has 0 spiro atoms. The summed E-state index contributed by atoms with van der Waals surface area (Å²) in [5, 5.41) is 5.59. The summed E-state index contributed by atoms with van der Waals surface area (Å²) in [7, 11) is 1.55. The van der Waals surface area contributed by atoms with E-state index in [0.29, 0.717) is 35.7 Å². The predicted molar refractivity (Wildman–Crippen MR) is 109 cm³/mol. The SMILES string of the molecule is CNC(=O)c1cccc(Nc2ncnc(N3CCc4ccc(C(F)(F)F)cc4C3)n2)c1. The number of benzene rings is 2. The Morgan fingerprint density at radius 3 is 2.71 bits per heavy atom. The van der Waals surface area contributed by atoms with Gasteiger partial charge < -0.3 is 15.5 Å². The molecule has 0 saturated heterocycles. The molecule has 7 nitrogen and oxygen atoms in total. The van der Waals surface area contributed by atoms with Gasteiger partial charge >= 0.3 is 6.18 Å². The molecule has 0 radical (unpaired) electrons. The van der Waals surface area contributed by atoms with Gasteiger partial charge in [-0.2, -0.15) is 18.2 Å². The van der Waals surface area contributed by atoms with Gasteiger partial charge in [0.1, 0.15) is 6.33 Å². The van der Waals surface area contributed by atoms with Crippen LogP contribution in [0.1, 0.15) is 27.0 Å². The van der Waals surface area contributed by atoms with Gasteiger partial charge in [0, 0.05) is 31.4 Å². The predicted octanol–water partition coefficient (Wildman–Crippen LogP) is 3.56. The fourth-order valence-corrected chi connectivity index (χ4v) is 3.42. The van der Waals surface area contributed by atoms with Crippen LogP contribution in [0.25, 0.3) is 0 Å². The Balaban J connectivity index is 1.54. The van der Waals surface area contributed by atoms with Crippen molar-refractivity contribution in [3.63, 3.8) is 0 Å². The number of alkyl halides is 3. The number of amides is 1. The van der Waals surface area contributed by atoms with Crippen LogP contribution in [-0.4, -0.2) is 34.5 Å². The van der Waals surface area contributed by atoms with E-state index in [9.17, 15) is 18.0 Å². The van der Waals surface area contributed by atoms with Crippen molar-refractivity contribution in [2.75, 3.05) is 23.8 Å². The number of fused-ring (bicyclic) bond motifs is 1. The Morgan fingerprint density at radius 2 is 1.94 bits per heavy atom. The van der Waals surface area contributed by atoms with Crippen LogP contribution in [-0.2, 0) is 19.1 Å². The molecule has 31 heavy (non-hydrogen) atoms. The normalized spacial score (nSPS) is 13.5. The molecular weight excluding hydrogens is 409 g/mol. The number of halogens is 3. The molecule has 1 aromatic heterocycles. The maximum atomic E-state index is 13.1. The van der Waals surface area contributed by atoms with Gasteiger partial charge in [-0.1, -0.05) is 12.1 Å². The van der Waals surface area contributed by atoms with Crippen LogP contribution in [0.5, 0.6) is 0 Å². The van der Waals surface area contributed by atoms with Crippen molar-refractivity contribution in [2.24, 2.45) is 0 Å². The molecule has 1 aliphatic heterocycles. The van der Waals surface area contributed by atoms with E-state index in [1.54, 1.807) is 31.3 Å². The lowest BCUT2D eigenvalue weighted by Crippen LogP contribution is -2.32. The second-order valence-electron chi connectivity index (χ2n) is 7.05. The van der Waals surface area contributed by atoms with E-state index in [2.05, 4.69) is 25.6 Å². The minimum Gasteiger partial charge on any atom is -0.355 e. The number of rotatable bonds is 4. The topological polar surface area (TPSA) is 83.0 Å². The molecule has 3 aromatic rings. The summed E-state index contributed by atoms with van der Waals surface area (Å²) in [6.07, 6.45) is -2.45. The zero-order valence-corrected chi connectivity index (χ0v) is 16.6. The van der Waals surface area contributed by atoms with Crippen molar-refractivity contribution < 1.29 is 18.0 Å². The fourth-order valence-electron chi connectivity index (χ4n) is 3.42. The molecule has 2 N–H and O–H groups in total. The summed E-state index contributed by atoms with van der Waals surface area (Å²) in [6.45, 7) is 0.850. The highest BCUT2D eigenvalue weighted by Gasteiger charge is 2.32. The van der Waals surface area contributed by atoms with Gasteiger partial charge in [-0.15, -0.1) is 0 Å². The third-order valence-electron chi connectivity index (χ3n) is 5.00. The van der Waals surface area contributed by atoms with E-state index >= 15 is 0 Å². The van der Waals surface area contributed by atoms with Gasteiger partial charge in [-0.05, 0) is 47.9 Å². The van der Waals surface area contributed by atoms with Crippen LogP contribution < -0.4 is 15.5 Å². The number of hydrogen-bond acceptors (Lipinski definition) is 6. The molecule has 10 heteroatoms. The molecule has 2 heterocycles. The van der Waals surface area contributed by atoms with Gasteiger partial charge in [0.05, 0.1) is 5.56 Å². The van der Waals surface area contributed by atoms with E-state index < -0.39 is 11.7 Å². The zero-order valence-electron chi connectivity index (χ0n) is 16.6. The van der Waals surface area contributed by atoms with E-state index in [1.165, 1.54) is 18.5 Å². The van der Waals surface area contributed by atoms with Gasteiger partial charge in [-0.3, -0.25) is 4.79 Å². The Hall–Kier alpha value is -3.69. The summed E-state index contributed by atoms with van der Waals surface area (Å²) in [4.78, 5) is 26.3. The first-order valence-corrected chi connectivity index (χ1v) is 9.55. The third-order valence-corrected chi connectivity index (χ3v) is 5.00. The Kier molecular flexibility index (Phi) is 5.45. The Labute approximate surface area is 176 Å². The highest BCUT2D eigenvalue weighted by Crippen LogP contribution is 2.32. The molecule has 160 valence electrons. The molecule has 1 aliphatic rings. The highest BCUT2D eigenvalue weighted by molar-refractivity contribution is 5.95. The molecule has 0 aliphatic carbocycles. The monoisotopic (exact) mass is 428 g/mol. The smallest absolute Gasteiger partial charge is 0.355 e. The average Bonchev–Trinajstić information content (AvgIpc) is 2.77. The molecule has 0 saturated carbocycles. The summed E-state index contributed by atoms with van der Waals surface area (Å²) < 4.78 is 39.2. The number of aromatic nitrogens is 3. The summed E-state index contributed by atoms with van der Waals surface area (Å²) in [5.74, 6) is 0.419. The van der Waals surface area contributed by atoms with Crippen LogP contribution in [0.4, 0.5) is 30.8 Å². The third kappa shape index (κ3) is 4.57. The molecule has 2 aromatic carbocycles. The minimum absolute atomic E-state index is 0.217. The standard InChI is InChI=1S/C21H19F3N6O/c1-25-18(31)14-3-2-4-17(10-14)28-19-26-12-27-20(29-19)30-8-7-13-5-6-16(21(22,23)24)9-15(13)11-30/h2-6,9-10,12H,7-8,11H2,1H3,(H,25,31)(H,26,27,28,29). The molecule has 4 rings (SSSR count). The van der Waals surface area contributed by atoms with Crippen molar-refractivity contribution in [1.29, 1.82) is 0 Å². The molecule has 1 amide bonds. The van der Waals surface area contributed by atoms with Crippen LogP contribution in [0, 0.1) is 0 Å². The Bertz CT molecular complexity index is 1120. The lowest BCUT2D eigenvalue weighted by Gasteiger charge is -2.29. The number of hydrogen-bond donors (Lipinski definition) is 2. The van der Waals surface area contributed by atoms with E-state index in [1.807, 2.05) is 4.90 Å². The largest absolute Gasteiger partial charge is 0.416 e. The van der Waals surface area contributed by atoms with Crippen molar-refractivity contribution in [2.45, 2.75) is 19.1 Å². The molecule has 0 fully saturated rings. The number of anilines is 3. The molecule has 0 atom stereocenters. The van der Waals surface area contributed by atoms with Gasteiger partial charge in [-0.25, -0.2) is 9.97 Å². The Morgan fingerprint density at radius 1 is 1.10 bits per heavy atom. The molecule has 0 unspecified atom stereocenters. The lowest BCUT2D eigenvalue weighted by molar-refractivity contribution is -0.137. The first kappa shape index (κ1) is 20.6. The zero-order chi connectivity index (χ0) is 22.0. The second kappa shape index (κ2) is 8.21. The first-order valence-electron chi connectivity index (χ1n) is 9.55. The van der Waals surface area contributed by atoms with E-state index in [4.69, 9.17) is 0 Å². The van der Waals surface area contributed by atoms with Crippen LogP contribution in [0.15, 0.2) is 48.8 Å². The van der Waals surface area contributed by atoms with Crippen LogP contribution in [0.3, 0.4) is 0 Å². The average molecular weight is 428 g/mol. The number of carbonyl (C=O) groups excluding carboxylic acids is 1. The molecular formula is C21H19F3N6O. The van der Waals surface area contributed by atoms with Crippen LogP contribution in [0.2, 0.25) is 0 Å². The van der Waals surface area contributed by atoms with Crippen LogP contribution >= 0.6 is 0 Å². The van der Waals surface area contributed by atoms with E-state index in [0.717, 1.165) is 11.6 Å². The molecule has 0 bridgehead atoms. The van der Waals surface area contributed by atoms with Crippen molar-refractivity contribution in [1.82, 2.24) is 20.3 Å². The summed E-state index contributed by atoms with van der Waals surface area (Å²) in [5.41, 5.74) is 1.94. The second-order valence-corrected chi connectivity index (χ2v) is 7.05. The van der Waals surface area contributed by atoms with Crippen molar-refractivity contribution in [3.8, 4) is 0 Å². The van der Waals surface area contributed by atoms with E-state index in [-0.39, 0.29) is 18.4 Å². The summed E-state index contributed by atoms with van der Waals surface area (Å²) in [6, 6.07) is 10.7. The fraction of sp³-hybridized carbons (Fsp3) is 0.238. The minimum atomic E-state index is -4.38. The highest BCUT2D eigenvalue weighted by atomic mass is 19.4. The lowest BCUT2D eigenvalue weighted by atomic mass is 9.97. The van der Waals surface area contributed by atoms with Gasteiger partial charge in [0.25, 0.3) is 5.91 Å². The number of nitrogens with one attached hydrogen (secondary N) is 2. The number of carbonyl (C=O) groups is 1. The number of nitrogens with zero attached hydrogens (tertiary/aromatic N) is 4. The maximum absolute atomic E-state index is 13.1. The quantitative estimate of drug-likeness (QED) is 0.661. The summed E-state index contributed by atoms with van der Waals surface area (Å²) >= 11 is 0.